The van der Waals surface area contributed by atoms with Gasteiger partial charge in [-0.25, -0.2) is 9.97 Å². The highest BCUT2D eigenvalue weighted by Crippen LogP contribution is 2.01. The highest BCUT2D eigenvalue weighted by Gasteiger charge is 1.98. The van der Waals surface area contributed by atoms with Crippen molar-refractivity contribution in [1.29, 1.82) is 5.41 Å². The van der Waals surface area contributed by atoms with Gasteiger partial charge in [0.15, 0.2) is 0 Å². The highest BCUT2D eigenvalue weighted by molar-refractivity contribution is 5.92. The summed E-state index contributed by atoms with van der Waals surface area (Å²) in [5.74, 6) is 0.315. The molecule has 1 aromatic rings. The van der Waals surface area contributed by atoms with E-state index >= 15 is 0 Å². The Morgan fingerprint density at radius 3 is 2.31 bits per heavy atom. The lowest BCUT2D eigenvalue weighted by Crippen LogP contribution is -2.13. The van der Waals surface area contributed by atoms with Crippen molar-refractivity contribution in [1.82, 2.24) is 9.97 Å². The molecule has 0 unspecified atom stereocenters. The third-order valence-electron chi connectivity index (χ3n) is 1.11. The van der Waals surface area contributed by atoms with E-state index in [-0.39, 0.29) is 30.6 Å². The molecule has 0 aliphatic rings. The molecule has 0 saturated carbocycles. The van der Waals surface area contributed by atoms with Crippen LogP contribution in [0.25, 0.3) is 0 Å². The Kier molecular flexibility index (Phi) is 7.17. The standard InChI is InChI=1S/C6H8N4O.2ClH/c1-11-5-3-9-4(2-10-5)6(7)8;;/h2-3H,1H3,(H3,7,8);2*1H. The summed E-state index contributed by atoms with van der Waals surface area (Å²) in [6, 6.07) is 0. The van der Waals surface area contributed by atoms with Gasteiger partial charge in [-0.05, 0) is 0 Å². The molecule has 0 radical (unpaired) electrons. The van der Waals surface area contributed by atoms with Crippen LogP contribution in [0, 0.1) is 5.41 Å². The fourth-order valence-electron chi connectivity index (χ4n) is 0.561. The maximum absolute atomic E-state index is 7.00. The van der Waals surface area contributed by atoms with Crippen LogP contribution in [0.5, 0.6) is 5.88 Å². The van der Waals surface area contributed by atoms with Crippen LogP contribution >= 0.6 is 24.8 Å². The van der Waals surface area contributed by atoms with Gasteiger partial charge in [0, 0.05) is 0 Å². The summed E-state index contributed by atoms with van der Waals surface area (Å²) in [5, 5.41) is 7.00. The number of rotatable bonds is 2. The van der Waals surface area contributed by atoms with Gasteiger partial charge in [-0.1, -0.05) is 0 Å². The van der Waals surface area contributed by atoms with E-state index in [1.807, 2.05) is 0 Å². The average molecular weight is 225 g/mol. The van der Waals surface area contributed by atoms with Crippen LogP contribution in [-0.4, -0.2) is 22.9 Å². The molecule has 0 aromatic carbocycles. The predicted octanol–water partition coefficient (Wildman–Crippen LogP) is 0.613. The summed E-state index contributed by atoms with van der Waals surface area (Å²) < 4.78 is 4.76. The number of nitrogens with zero attached hydrogens (tertiary/aromatic N) is 2. The second-order valence-corrected chi connectivity index (χ2v) is 1.86. The lowest BCUT2D eigenvalue weighted by atomic mass is 10.4. The second-order valence-electron chi connectivity index (χ2n) is 1.86. The van der Waals surface area contributed by atoms with Crippen LogP contribution in [0.3, 0.4) is 0 Å². The number of halogens is 2. The van der Waals surface area contributed by atoms with Crippen molar-refractivity contribution in [3.8, 4) is 5.88 Å². The molecule has 0 bridgehead atoms. The molecule has 3 N–H and O–H groups in total. The van der Waals surface area contributed by atoms with Gasteiger partial charge in [-0.2, -0.15) is 0 Å². The molecule has 0 aliphatic heterocycles. The smallest absolute Gasteiger partial charge is 0.232 e. The van der Waals surface area contributed by atoms with E-state index in [1.54, 1.807) is 0 Å². The number of hydrogen-bond donors (Lipinski definition) is 2. The normalized spacial score (nSPS) is 7.77. The van der Waals surface area contributed by atoms with Crippen molar-refractivity contribution >= 4 is 30.6 Å². The quantitative estimate of drug-likeness (QED) is 0.570. The average Bonchev–Trinajstić information content (AvgIpc) is 2.05. The first kappa shape index (κ1) is 14.5. The molecule has 0 amide bonds. The van der Waals surface area contributed by atoms with Gasteiger partial charge in [-0.3, -0.25) is 5.41 Å². The Bertz CT molecular complexity index is 264. The number of nitrogens with two attached hydrogens (primary N) is 1. The minimum atomic E-state index is -0.0971. The zero-order valence-corrected chi connectivity index (χ0v) is 8.48. The maximum Gasteiger partial charge on any atom is 0.232 e. The fourth-order valence-corrected chi connectivity index (χ4v) is 0.561. The molecular weight excluding hydrogens is 215 g/mol. The molecule has 1 rings (SSSR count). The van der Waals surface area contributed by atoms with Crippen LogP contribution in [-0.2, 0) is 0 Å². The molecule has 0 spiro atoms. The first-order valence-corrected chi connectivity index (χ1v) is 2.94. The maximum atomic E-state index is 7.00. The second kappa shape index (κ2) is 6.45. The lowest BCUT2D eigenvalue weighted by Gasteiger charge is -1.98. The Balaban J connectivity index is 0. The van der Waals surface area contributed by atoms with E-state index in [0.29, 0.717) is 11.6 Å². The van der Waals surface area contributed by atoms with Gasteiger partial charge < -0.3 is 10.5 Å². The third-order valence-corrected chi connectivity index (χ3v) is 1.11. The number of amidine groups is 1. The molecule has 7 heteroatoms. The van der Waals surface area contributed by atoms with E-state index in [2.05, 4.69) is 9.97 Å². The Morgan fingerprint density at radius 2 is 2.00 bits per heavy atom. The fraction of sp³-hybridized carbons (Fsp3) is 0.167. The van der Waals surface area contributed by atoms with Gasteiger partial charge in [0.1, 0.15) is 11.5 Å². The molecule has 74 valence electrons. The van der Waals surface area contributed by atoms with E-state index in [1.165, 1.54) is 19.5 Å². The Morgan fingerprint density at radius 1 is 1.38 bits per heavy atom. The van der Waals surface area contributed by atoms with Crippen molar-refractivity contribution in [2.45, 2.75) is 0 Å². The number of hydrogen-bond acceptors (Lipinski definition) is 4. The van der Waals surface area contributed by atoms with Crippen molar-refractivity contribution in [3.63, 3.8) is 0 Å². The van der Waals surface area contributed by atoms with Crippen LogP contribution in [0.15, 0.2) is 12.4 Å². The van der Waals surface area contributed by atoms with Crippen molar-refractivity contribution in [2.75, 3.05) is 7.11 Å². The zero-order valence-electron chi connectivity index (χ0n) is 6.85. The van der Waals surface area contributed by atoms with Crippen LogP contribution in [0.1, 0.15) is 5.69 Å². The minimum absolute atomic E-state index is 0. The third kappa shape index (κ3) is 3.91. The largest absolute Gasteiger partial charge is 0.480 e. The van der Waals surface area contributed by atoms with E-state index < -0.39 is 0 Å². The predicted molar refractivity (Wildman–Crippen MR) is 54.1 cm³/mol. The number of methoxy groups -OCH3 is 1. The summed E-state index contributed by atoms with van der Waals surface area (Å²) >= 11 is 0. The minimum Gasteiger partial charge on any atom is -0.480 e. The van der Waals surface area contributed by atoms with Crippen molar-refractivity contribution in [3.05, 3.63) is 18.1 Å². The zero-order chi connectivity index (χ0) is 8.27. The molecule has 5 nitrogen and oxygen atoms in total. The molecular formula is C6H10Cl2N4O. The summed E-state index contributed by atoms with van der Waals surface area (Å²) in [4.78, 5) is 7.62. The molecule has 1 heterocycles. The number of ether oxygens (including phenoxy) is 1. The van der Waals surface area contributed by atoms with Gasteiger partial charge in [0.05, 0.1) is 19.5 Å². The van der Waals surface area contributed by atoms with E-state index in [0.717, 1.165) is 0 Å². The van der Waals surface area contributed by atoms with Gasteiger partial charge in [0.2, 0.25) is 5.88 Å². The monoisotopic (exact) mass is 224 g/mol. The van der Waals surface area contributed by atoms with Gasteiger partial charge in [0.25, 0.3) is 0 Å². The summed E-state index contributed by atoms with van der Waals surface area (Å²) in [6.07, 6.45) is 2.80. The van der Waals surface area contributed by atoms with Crippen LogP contribution in [0.2, 0.25) is 0 Å². The van der Waals surface area contributed by atoms with E-state index in [4.69, 9.17) is 15.9 Å². The molecule has 0 saturated heterocycles. The van der Waals surface area contributed by atoms with Crippen LogP contribution in [0.4, 0.5) is 0 Å². The number of aromatic nitrogens is 2. The molecule has 0 fully saturated rings. The van der Waals surface area contributed by atoms with Gasteiger partial charge >= 0.3 is 0 Å². The molecule has 1 aromatic heterocycles. The number of nitrogens with one attached hydrogen (secondary N) is 1. The SMILES string of the molecule is COc1cnc(C(=N)N)cn1.Cl.Cl. The van der Waals surface area contributed by atoms with Crippen LogP contribution < -0.4 is 10.5 Å². The molecule has 13 heavy (non-hydrogen) atoms. The topological polar surface area (TPSA) is 84.9 Å². The first-order valence-electron chi connectivity index (χ1n) is 2.94. The molecule has 0 atom stereocenters. The summed E-state index contributed by atoms with van der Waals surface area (Å²) in [7, 11) is 1.50. The highest BCUT2D eigenvalue weighted by atomic mass is 35.5. The molecule has 0 aliphatic carbocycles. The Hall–Kier alpha value is -1.07. The van der Waals surface area contributed by atoms with Gasteiger partial charge in [-0.15, -0.1) is 24.8 Å². The van der Waals surface area contributed by atoms with E-state index in [9.17, 15) is 0 Å². The summed E-state index contributed by atoms with van der Waals surface area (Å²) in [6.45, 7) is 0. The number of nitrogen functional groups attached to an aromatic ring is 1. The van der Waals surface area contributed by atoms with Crippen molar-refractivity contribution < 1.29 is 4.74 Å². The lowest BCUT2D eigenvalue weighted by molar-refractivity contribution is 0.395. The first-order chi connectivity index (χ1) is 5.24. The van der Waals surface area contributed by atoms with Crippen molar-refractivity contribution in [2.24, 2.45) is 5.73 Å². The Labute approximate surface area is 88.0 Å². The summed E-state index contributed by atoms with van der Waals surface area (Å²) in [5.41, 5.74) is 5.50.